The molecule has 0 radical (unpaired) electrons. The van der Waals surface area contributed by atoms with E-state index in [4.69, 9.17) is 4.74 Å². The Bertz CT molecular complexity index is 935. The number of hydrogen-bond donors (Lipinski definition) is 0. The molecule has 0 unspecified atom stereocenters. The third kappa shape index (κ3) is 3.22. The van der Waals surface area contributed by atoms with Gasteiger partial charge < -0.3 is 4.74 Å². The molecule has 1 fully saturated rings. The average molecular weight is 388 g/mol. The normalized spacial score (nSPS) is 21.4. The Labute approximate surface area is 162 Å². The first-order valence-corrected chi connectivity index (χ1v) is 8.72. The van der Waals surface area contributed by atoms with Crippen LogP contribution in [0.2, 0.25) is 0 Å². The van der Waals surface area contributed by atoms with Crippen LogP contribution in [0.1, 0.15) is 17.4 Å². The summed E-state index contributed by atoms with van der Waals surface area (Å²) in [6, 6.07) is 12.7. The number of aromatic nitrogens is 4. The molecule has 4 heterocycles. The standard InChI is InChI=1S/C19H18FN5O.ClH/c20-15-7-2-1-6-14(15)19-17-12-26-18-11-24(9-13-5-3-4-8-21-13)10-16(18)25(17)23-22-19;/h1-8,16,18H,9-12H2;1H/t16-,18+;/m1./s1. The van der Waals surface area contributed by atoms with Gasteiger partial charge in [0.2, 0.25) is 0 Å². The lowest BCUT2D eigenvalue weighted by Gasteiger charge is -2.26. The molecule has 0 N–H and O–H groups in total. The summed E-state index contributed by atoms with van der Waals surface area (Å²) in [6.07, 6.45) is 1.88. The molecule has 6 nitrogen and oxygen atoms in total. The van der Waals surface area contributed by atoms with Crippen molar-refractivity contribution in [2.75, 3.05) is 13.1 Å². The van der Waals surface area contributed by atoms with E-state index in [9.17, 15) is 4.39 Å². The van der Waals surface area contributed by atoms with Crippen LogP contribution >= 0.6 is 12.4 Å². The van der Waals surface area contributed by atoms with Gasteiger partial charge in [-0.05, 0) is 24.3 Å². The molecule has 0 saturated carbocycles. The van der Waals surface area contributed by atoms with Gasteiger partial charge in [0, 0.05) is 31.4 Å². The smallest absolute Gasteiger partial charge is 0.132 e. The van der Waals surface area contributed by atoms with E-state index in [2.05, 4.69) is 20.2 Å². The minimum absolute atomic E-state index is 0. The summed E-state index contributed by atoms with van der Waals surface area (Å²) in [7, 11) is 0. The summed E-state index contributed by atoms with van der Waals surface area (Å²) in [6.45, 7) is 2.82. The van der Waals surface area contributed by atoms with Gasteiger partial charge >= 0.3 is 0 Å². The molecule has 27 heavy (non-hydrogen) atoms. The SMILES string of the molecule is Cl.Fc1ccccc1-c1nnn2c1CO[C@H]1CN(Cc3ccccn3)C[C@H]12. The van der Waals surface area contributed by atoms with Crippen molar-refractivity contribution >= 4 is 12.4 Å². The van der Waals surface area contributed by atoms with Crippen LogP contribution in [0.25, 0.3) is 11.3 Å². The Balaban J connectivity index is 0.00000180. The molecule has 140 valence electrons. The van der Waals surface area contributed by atoms with Gasteiger partial charge in [-0.3, -0.25) is 9.88 Å². The molecule has 0 spiro atoms. The van der Waals surface area contributed by atoms with Crippen molar-refractivity contribution in [2.24, 2.45) is 0 Å². The van der Waals surface area contributed by atoms with Gasteiger partial charge in [-0.25, -0.2) is 9.07 Å². The van der Waals surface area contributed by atoms with Crippen molar-refractivity contribution in [1.29, 1.82) is 0 Å². The number of nitrogens with zero attached hydrogens (tertiary/aromatic N) is 5. The average Bonchev–Trinajstić information content (AvgIpc) is 3.26. The Kier molecular flexibility index (Phi) is 4.90. The maximum Gasteiger partial charge on any atom is 0.132 e. The fraction of sp³-hybridized carbons (Fsp3) is 0.316. The molecule has 2 aromatic heterocycles. The third-order valence-electron chi connectivity index (χ3n) is 5.09. The topological polar surface area (TPSA) is 56.1 Å². The minimum atomic E-state index is -0.291. The molecule has 2 aliphatic rings. The van der Waals surface area contributed by atoms with Crippen LogP contribution in [-0.4, -0.2) is 44.1 Å². The zero-order valence-corrected chi connectivity index (χ0v) is 15.3. The number of rotatable bonds is 3. The maximum absolute atomic E-state index is 14.2. The van der Waals surface area contributed by atoms with Crippen LogP contribution in [0.5, 0.6) is 0 Å². The fourth-order valence-corrected chi connectivity index (χ4v) is 3.84. The van der Waals surface area contributed by atoms with Gasteiger partial charge in [-0.15, -0.1) is 17.5 Å². The fourth-order valence-electron chi connectivity index (χ4n) is 3.84. The van der Waals surface area contributed by atoms with E-state index in [0.29, 0.717) is 17.9 Å². The molecule has 2 aliphatic heterocycles. The number of halogens is 2. The predicted molar refractivity (Wildman–Crippen MR) is 99.8 cm³/mol. The highest BCUT2D eigenvalue weighted by Crippen LogP contribution is 2.35. The molecule has 1 aromatic carbocycles. The highest BCUT2D eigenvalue weighted by molar-refractivity contribution is 5.85. The number of likely N-dealkylation sites (tertiary alicyclic amines) is 1. The van der Waals surface area contributed by atoms with Crippen LogP contribution in [0.4, 0.5) is 4.39 Å². The van der Waals surface area contributed by atoms with Crippen LogP contribution in [0.15, 0.2) is 48.7 Å². The zero-order valence-electron chi connectivity index (χ0n) is 14.5. The molecule has 3 aromatic rings. The van der Waals surface area contributed by atoms with E-state index in [1.807, 2.05) is 29.1 Å². The lowest BCUT2D eigenvalue weighted by atomic mass is 10.1. The van der Waals surface area contributed by atoms with Crippen molar-refractivity contribution in [3.05, 3.63) is 65.9 Å². The molecular weight excluding hydrogens is 369 g/mol. The highest BCUT2D eigenvalue weighted by atomic mass is 35.5. The first kappa shape index (κ1) is 18.0. The molecular formula is C19H19ClFN5O. The molecule has 2 atom stereocenters. The van der Waals surface area contributed by atoms with Gasteiger partial charge in [0.05, 0.1) is 30.1 Å². The number of fused-ring (bicyclic) bond motifs is 3. The van der Waals surface area contributed by atoms with E-state index < -0.39 is 0 Å². The van der Waals surface area contributed by atoms with Crippen LogP contribution in [-0.2, 0) is 17.9 Å². The van der Waals surface area contributed by atoms with Gasteiger partial charge in [0.1, 0.15) is 11.5 Å². The summed E-state index contributed by atoms with van der Waals surface area (Å²) in [5.74, 6) is -0.291. The first-order valence-electron chi connectivity index (χ1n) is 8.72. The Morgan fingerprint density at radius 1 is 1.11 bits per heavy atom. The second-order valence-electron chi connectivity index (χ2n) is 6.74. The zero-order chi connectivity index (χ0) is 17.5. The lowest BCUT2D eigenvalue weighted by Crippen LogP contribution is -2.32. The van der Waals surface area contributed by atoms with Gasteiger partial charge in [0.15, 0.2) is 0 Å². The number of ether oxygens (including phenoxy) is 1. The van der Waals surface area contributed by atoms with Crippen LogP contribution < -0.4 is 0 Å². The first-order chi connectivity index (χ1) is 12.8. The van der Waals surface area contributed by atoms with Gasteiger partial charge in [-0.1, -0.05) is 23.4 Å². The quantitative estimate of drug-likeness (QED) is 0.691. The summed E-state index contributed by atoms with van der Waals surface area (Å²) in [4.78, 5) is 6.72. The Morgan fingerprint density at radius 2 is 1.96 bits per heavy atom. The number of benzene rings is 1. The maximum atomic E-state index is 14.2. The molecule has 8 heteroatoms. The molecule has 0 aliphatic carbocycles. The lowest BCUT2D eigenvalue weighted by molar-refractivity contribution is -0.00496. The van der Waals surface area contributed by atoms with Crippen molar-refractivity contribution in [3.8, 4) is 11.3 Å². The highest BCUT2D eigenvalue weighted by Gasteiger charge is 2.40. The number of pyridine rings is 1. The van der Waals surface area contributed by atoms with Crippen LogP contribution in [0, 0.1) is 5.82 Å². The minimum Gasteiger partial charge on any atom is -0.368 e. The van der Waals surface area contributed by atoms with E-state index in [-0.39, 0.29) is 30.4 Å². The van der Waals surface area contributed by atoms with Crippen molar-refractivity contribution in [1.82, 2.24) is 24.9 Å². The number of hydrogen-bond acceptors (Lipinski definition) is 5. The predicted octanol–water partition coefficient (Wildman–Crippen LogP) is 2.86. The van der Waals surface area contributed by atoms with Crippen molar-refractivity contribution < 1.29 is 9.13 Å². The second-order valence-corrected chi connectivity index (χ2v) is 6.74. The largest absolute Gasteiger partial charge is 0.368 e. The van der Waals surface area contributed by atoms with E-state index in [1.165, 1.54) is 6.07 Å². The molecule has 5 rings (SSSR count). The Hall–Kier alpha value is -2.35. The summed E-state index contributed by atoms with van der Waals surface area (Å²) < 4.78 is 22.2. The summed E-state index contributed by atoms with van der Waals surface area (Å²) >= 11 is 0. The van der Waals surface area contributed by atoms with E-state index in [1.54, 1.807) is 18.2 Å². The molecule has 0 bridgehead atoms. The van der Waals surface area contributed by atoms with E-state index >= 15 is 0 Å². The van der Waals surface area contributed by atoms with Crippen molar-refractivity contribution in [2.45, 2.75) is 25.3 Å². The Morgan fingerprint density at radius 3 is 2.78 bits per heavy atom. The summed E-state index contributed by atoms with van der Waals surface area (Å²) in [5.41, 5.74) is 2.93. The molecule has 1 saturated heterocycles. The monoisotopic (exact) mass is 387 g/mol. The van der Waals surface area contributed by atoms with Gasteiger partial charge in [0.25, 0.3) is 0 Å². The van der Waals surface area contributed by atoms with Crippen molar-refractivity contribution in [3.63, 3.8) is 0 Å². The van der Waals surface area contributed by atoms with E-state index in [0.717, 1.165) is 31.0 Å². The van der Waals surface area contributed by atoms with Gasteiger partial charge in [-0.2, -0.15) is 0 Å². The van der Waals surface area contributed by atoms with Crippen LogP contribution in [0.3, 0.4) is 0 Å². The second kappa shape index (κ2) is 7.34. The molecule has 0 amide bonds. The third-order valence-corrected chi connectivity index (χ3v) is 5.09. The summed E-state index contributed by atoms with van der Waals surface area (Å²) in [5, 5.41) is 8.60.